The summed E-state index contributed by atoms with van der Waals surface area (Å²) >= 11 is 0. The summed E-state index contributed by atoms with van der Waals surface area (Å²) in [4.78, 5) is 12.0. The molecule has 0 radical (unpaired) electrons. The quantitative estimate of drug-likeness (QED) is 0.858. The van der Waals surface area contributed by atoms with Gasteiger partial charge in [-0.3, -0.25) is 4.79 Å². The molecule has 0 saturated carbocycles. The number of carbonyl (C=O) groups excluding carboxylic acids is 1. The van der Waals surface area contributed by atoms with E-state index < -0.39 is 12.3 Å². The zero-order valence-corrected chi connectivity index (χ0v) is 11.4. The number of ether oxygens (including phenoxy) is 1. The summed E-state index contributed by atoms with van der Waals surface area (Å²) in [5, 5.41) is 2.55. The van der Waals surface area contributed by atoms with Crippen LogP contribution in [-0.2, 0) is 4.79 Å². The van der Waals surface area contributed by atoms with Gasteiger partial charge in [0.25, 0.3) is 5.91 Å². The van der Waals surface area contributed by atoms with Gasteiger partial charge in [-0.05, 0) is 29.8 Å². The minimum Gasteiger partial charge on any atom is -0.406 e. The van der Waals surface area contributed by atoms with Gasteiger partial charge in [0.2, 0.25) is 0 Å². The van der Waals surface area contributed by atoms with Crippen LogP contribution in [-0.4, -0.2) is 12.3 Å². The average molecular weight is 307 g/mol. The second-order valence-electron chi connectivity index (χ2n) is 4.37. The Kier molecular flexibility index (Phi) is 4.50. The van der Waals surface area contributed by atoms with E-state index in [4.69, 9.17) is 0 Å². The Morgan fingerprint density at radius 3 is 2.14 bits per heavy atom. The molecule has 0 saturated heterocycles. The van der Waals surface area contributed by atoms with E-state index in [1.165, 1.54) is 12.1 Å². The van der Waals surface area contributed by atoms with Gasteiger partial charge < -0.3 is 10.1 Å². The van der Waals surface area contributed by atoms with Crippen molar-refractivity contribution >= 4 is 17.2 Å². The van der Waals surface area contributed by atoms with Crippen LogP contribution in [0.15, 0.2) is 61.2 Å². The first kappa shape index (κ1) is 15.6. The molecule has 0 unspecified atom stereocenters. The van der Waals surface area contributed by atoms with Crippen molar-refractivity contribution in [1.82, 2.24) is 0 Å². The Hall–Kier alpha value is -2.76. The van der Waals surface area contributed by atoms with E-state index in [-0.39, 0.29) is 11.3 Å². The van der Waals surface area contributed by atoms with E-state index in [1.807, 2.05) is 6.07 Å². The van der Waals surface area contributed by atoms with Crippen LogP contribution in [0.1, 0.15) is 5.56 Å². The van der Waals surface area contributed by atoms with Crippen molar-refractivity contribution in [2.45, 2.75) is 6.36 Å². The number of rotatable bonds is 4. The minimum atomic E-state index is -4.74. The van der Waals surface area contributed by atoms with Crippen LogP contribution in [0.4, 0.5) is 18.9 Å². The average Bonchev–Trinajstić information content (AvgIpc) is 2.48. The fourth-order valence-corrected chi connectivity index (χ4v) is 1.72. The number of halogens is 3. The Balaban J connectivity index is 2.02. The highest BCUT2D eigenvalue weighted by atomic mass is 19.4. The first-order valence-corrected chi connectivity index (χ1v) is 6.26. The molecule has 0 aliphatic rings. The van der Waals surface area contributed by atoms with Crippen molar-refractivity contribution < 1.29 is 22.7 Å². The third-order valence-electron chi connectivity index (χ3n) is 2.74. The Bertz CT molecular complexity index is 664. The van der Waals surface area contributed by atoms with Crippen LogP contribution < -0.4 is 10.1 Å². The topological polar surface area (TPSA) is 38.3 Å². The summed E-state index contributed by atoms with van der Waals surface area (Å²) in [7, 11) is 0. The molecule has 2 rings (SSSR count). The van der Waals surface area contributed by atoms with Gasteiger partial charge in [0.05, 0.1) is 0 Å². The van der Waals surface area contributed by atoms with Crippen molar-refractivity contribution in [3.05, 3.63) is 66.7 Å². The van der Waals surface area contributed by atoms with E-state index in [9.17, 15) is 18.0 Å². The summed E-state index contributed by atoms with van der Waals surface area (Å²) in [6, 6.07) is 13.7. The van der Waals surface area contributed by atoms with E-state index in [2.05, 4.69) is 16.6 Å². The SMILES string of the molecule is C=C(C(=O)Nc1ccc(OC(F)(F)F)cc1)c1ccccc1. The summed E-state index contributed by atoms with van der Waals surface area (Å²) < 4.78 is 39.9. The summed E-state index contributed by atoms with van der Waals surface area (Å²) in [6.07, 6.45) is -4.74. The lowest BCUT2D eigenvalue weighted by atomic mass is 10.1. The maximum Gasteiger partial charge on any atom is 0.573 e. The van der Waals surface area contributed by atoms with Gasteiger partial charge in [0.15, 0.2) is 0 Å². The third-order valence-corrected chi connectivity index (χ3v) is 2.74. The number of amides is 1. The molecule has 2 aromatic carbocycles. The predicted molar refractivity (Wildman–Crippen MR) is 77.2 cm³/mol. The zero-order chi connectivity index (χ0) is 16.2. The zero-order valence-electron chi connectivity index (χ0n) is 11.4. The van der Waals surface area contributed by atoms with Gasteiger partial charge in [-0.15, -0.1) is 13.2 Å². The standard InChI is InChI=1S/C16H12F3NO2/c1-11(12-5-3-2-4-6-12)15(21)20-13-7-9-14(10-8-13)22-16(17,18)19/h2-10H,1H2,(H,20,21). The van der Waals surface area contributed by atoms with E-state index in [0.717, 1.165) is 12.1 Å². The molecule has 1 N–H and O–H groups in total. The number of nitrogens with one attached hydrogen (secondary N) is 1. The molecular weight excluding hydrogens is 295 g/mol. The highest BCUT2D eigenvalue weighted by Gasteiger charge is 2.30. The number of anilines is 1. The molecule has 114 valence electrons. The molecule has 3 nitrogen and oxygen atoms in total. The Morgan fingerprint density at radius 1 is 1.00 bits per heavy atom. The lowest BCUT2D eigenvalue weighted by Gasteiger charge is -2.10. The lowest BCUT2D eigenvalue weighted by Crippen LogP contribution is -2.17. The second-order valence-corrected chi connectivity index (χ2v) is 4.37. The fourth-order valence-electron chi connectivity index (χ4n) is 1.72. The predicted octanol–water partition coefficient (Wildman–Crippen LogP) is 4.24. The molecule has 0 aliphatic heterocycles. The number of alkyl halides is 3. The van der Waals surface area contributed by atoms with E-state index in [1.54, 1.807) is 24.3 Å². The van der Waals surface area contributed by atoms with Gasteiger partial charge in [-0.2, -0.15) is 0 Å². The van der Waals surface area contributed by atoms with Crippen LogP contribution in [0.5, 0.6) is 5.75 Å². The van der Waals surface area contributed by atoms with Gasteiger partial charge >= 0.3 is 6.36 Å². The largest absolute Gasteiger partial charge is 0.573 e. The van der Waals surface area contributed by atoms with Gasteiger partial charge in [-0.25, -0.2) is 0 Å². The van der Waals surface area contributed by atoms with Crippen molar-refractivity contribution in [3.63, 3.8) is 0 Å². The smallest absolute Gasteiger partial charge is 0.406 e. The van der Waals surface area contributed by atoms with E-state index >= 15 is 0 Å². The highest BCUT2D eigenvalue weighted by molar-refractivity contribution is 6.24. The van der Waals surface area contributed by atoms with Gasteiger partial charge in [0.1, 0.15) is 5.75 Å². The maximum absolute atomic E-state index is 12.0. The van der Waals surface area contributed by atoms with E-state index in [0.29, 0.717) is 11.3 Å². The second kappa shape index (κ2) is 6.34. The monoisotopic (exact) mass is 307 g/mol. The molecule has 2 aromatic rings. The van der Waals surface area contributed by atoms with Crippen molar-refractivity contribution in [1.29, 1.82) is 0 Å². The van der Waals surface area contributed by atoms with Crippen LogP contribution >= 0.6 is 0 Å². The molecule has 1 amide bonds. The maximum atomic E-state index is 12.0. The van der Waals surface area contributed by atoms with Crippen LogP contribution in [0, 0.1) is 0 Å². The molecule has 0 aliphatic carbocycles. The fraction of sp³-hybridized carbons (Fsp3) is 0.0625. The number of benzene rings is 2. The van der Waals surface area contributed by atoms with Crippen molar-refractivity contribution in [2.24, 2.45) is 0 Å². The molecule has 6 heteroatoms. The Labute approximate surface area is 125 Å². The molecule has 0 aromatic heterocycles. The first-order valence-electron chi connectivity index (χ1n) is 6.26. The summed E-state index contributed by atoms with van der Waals surface area (Å²) in [5.41, 5.74) is 1.27. The molecule has 0 heterocycles. The number of hydrogen-bond donors (Lipinski definition) is 1. The first-order chi connectivity index (χ1) is 10.3. The van der Waals surface area contributed by atoms with Crippen molar-refractivity contribution in [2.75, 3.05) is 5.32 Å². The molecule has 0 spiro atoms. The van der Waals surface area contributed by atoms with Crippen LogP contribution in [0.25, 0.3) is 5.57 Å². The Morgan fingerprint density at radius 2 is 1.59 bits per heavy atom. The number of carbonyl (C=O) groups is 1. The summed E-state index contributed by atoms with van der Waals surface area (Å²) in [5.74, 6) is -0.789. The molecule has 0 fully saturated rings. The molecule has 0 bridgehead atoms. The van der Waals surface area contributed by atoms with Crippen molar-refractivity contribution in [3.8, 4) is 5.75 Å². The molecular formula is C16H12F3NO2. The van der Waals surface area contributed by atoms with Gasteiger partial charge in [-0.1, -0.05) is 36.9 Å². The van der Waals surface area contributed by atoms with Crippen LogP contribution in [0.3, 0.4) is 0 Å². The number of hydrogen-bond acceptors (Lipinski definition) is 2. The van der Waals surface area contributed by atoms with Gasteiger partial charge in [0, 0.05) is 11.3 Å². The molecule has 0 atom stereocenters. The third kappa shape index (κ3) is 4.37. The highest BCUT2D eigenvalue weighted by Crippen LogP contribution is 2.24. The summed E-state index contributed by atoms with van der Waals surface area (Å²) in [6.45, 7) is 3.70. The minimum absolute atomic E-state index is 0.260. The normalized spacial score (nSPS) is 10.9. The molecule has 22 heavy (non-hydrogen) atoms. The van der Waals surface area contributed by atoms with Crippen LogP contribution in [0.2, 0.25) is 0 Å². The lowest BCUT2D eigenvalue weighted by molar-refractivity contribution is -0.274.